The van der Waals surface area contributed by atoms with Gasteiger partial charge in [0.2, 0.25) is 0 Å². The summed E-state index contributed by atoms with van der Waals surface area (Å²) in [6.07, 6.45) is 15.6. The minimum Gasteiger partial charge on any atom is -0.508 e. The SMILES string of the molecule is C=C1O[C@@]2(/C=C/CCCC1C)CCC1C3CCc4cc(O)ccc4C3CC[C@@]12C. The van der Waals surface area contributed by atoms with Crippen molar-refractivity contribution in [3.05, 3.63) is 53.8 Å². The van der Waals surface area contributed by atoms with Crippen molar-refractivity contribution in [1.82, 2.24) is 0 Å². The lowest BCUT2D eigenvalue weighted by atomic mass is 9.53. The first kappa shape index (κ1) is 19.3. The molecule has 2 nitrogen and oxygen atoms in total. The Morgan fingerprint density at radius 3 is 2.86 bits per heavy atom. The fraction of sp³-hybridized carbons (Fsp3) is 0.630. The molecule has 2 saturated carbocycles. The molecule has 4 unspecified atom stereocenters. The van der Waals surface area contributed by atoms with Gasteiger partial charge in [0.15, 0.2) is 0 Å². The van der Waals surface area contributed by atoms with Gasteiger partial charge in [-0.05, 0) is 105 Å². The topological polar surface area (TPSA) is 29.5 Å². The Morgan fingerprint density at radius 2 is 2.00 bits per heavy atom. The predicted molar refractivity (Wildman–Crippen MR) is 118 cm³/mol. The van der Waals surface area contributed by atoms with Gasteiger partial charge in [-0.25, -0.2) is 0 Å². The fourth-order valence-electron chi connectivity index (χ4n) is 7.39. The second-order valence-electron chi connectivity index (χ2n) is 10.5. The molecule has 1 aromatic carbocycles. The van der Waals surface area contributed by atoms with E-state index in [-0.39, 0.29) is 11.0 Å². The van der Waals surface area contributed by atoms with E-state index in [0.29, 0.717) is 23.5 Å². The van der Waals surface area contributed by atoms with Crippen LogP contribution in [0, 0.1) is 23.2 Å². The van der Waals surface area contributed by atoms with E-state index in [2.05, 4.69) is 38.6 Å². The van der Waals surface area contributed by atoms with Crippen molar-refractivity contribution < 1.29 is 9.84 Å². The summed E-state index contributed by atoms with van der Waals surface area (Å²) < 4.78 is 6.86. The van der Waals surface area contributed by atoms with Crippen molar-refractivity contribution in [3.8, 4) is 5.75 Å². The smallest absolute Gasteiger partial charge is 0.132 e. The van der Waals surface area contributed by atoms with Crippen LogP contribution in [-0.2, 0) is 11.2 Å². The van der Waals surface area contributed by atoms with Gasteiger partial charge in [-0.3, -0.25) is 0 Å². The number of aryl methyl sites for hydroxylation is 1. The number of phenols is 1. The van der Waals surface area contributed by atoms with Crippen LogP contribution in [0.15, 0.2) is 42.7 Å². The number of ether oxygens (including phenoxy) is 1. The Hall–Kier alpha value is -1.70. The maximum Gasteiger partial charge on any atom is 0.132 e. The zero-order valence-electron chi connectivity index (χ0n) is 18.1. The van der Waals surface area contributed by atoms with E-state index in [1.807, 2.05) is 12.1 Å². The molecule has 29 heavy (non-hydrogen) atoms. The Labute approximate surface area is 176 Å². The molecule has 5 rings (SSSR count). The average molecular weight is 393 g/mol. The summed E-state index contributed by atoms with van der Waals surface area (Å²) in [6, 6.07) is 6.10. The second-order valence-corrected chi connectivity index (χ2v) is 10.5. The number of phenolic OH excluding ortho intramolecular Hbond substituents is 1. The van der Waals surface area contributed by atoms with Crippen LogP contribution < -0.4 is 0 Å². The summed E-state index contributed by atoms with van der Waals surface area (Å²) in [6.45, 7) is 9.17. The van der Waals surface area contributed by atoms with Crippen LogP contribution in [0.2, 0.25) is 0 Å². The average Bonchev–Trinajstić information content (AvgIpc) is 3.02. The van der Waals surface area contributed by atoms with Crippen LogP contribution in [0.5, 0.6) is 5.75 Å². The molecule has 1 heterocycles. The predicted octanol–water partition coefficient (Wildman–Crippen LogP) is 6.89. The van der Waals surface area contributed by atoms with E-state index >= 15 is 0 Å². The Balaban J connectivity index is 1.49. The molecular weight excluding hydrogens is 356 g/mol. The van der Waals surface area contributed by atoms with Crippen LogP contribution in [0.1, 0.15) is 82.3 Å². The zero-order chi connectivity index (χ0) is 20.2. The summed E-state index contributed by atoms with van der Waals surface area (Å²) >= 11 is 0. The Kier molecular flexibility index (Phi) is 4.60. The minimum absolute atomic E-state index is 0.173. The van der Waals surface area contributed by atoms with E-state index in [9.17, 15) is 5.11 Å². The molecule has 2 heteroatoms. The third-order valence-electron chi connectivity index (χ3n) is 9.15. The van der Waals surface area contributed by atoms with Crippen LogP contribution in [0.4, 0.5) is 0 Å². The van der Waals surface area contributed by atoms with Crippen LogP contribution in [0.25, 0.3) is 0 Å². The van der Waals surface area contributed by atoms with E-state index in [1.54, 1.807) is 0 Å². The maximum absolute atomic E-state index is 9.93. The lowest BCUT2D eigenvalue weighted by Gasteiger charge is -2.54. The number of hydrogen-bond acceptors (Lipinski definition) is 2. The number of fused-ring (bicyclic) bond motifs is 6. The monoisotopic (exact) mass is 392 g/mol. The number of allylic oxidation sites excluding steroid dienone is 2. The summed E-state index contributed by atoms with van der Waals surface area (Å²) in [7, 11) is 0. The highest BCUT2D eigenvalue weighted by Gasteiger charge is 2.62. The van der Waals surface area contributed by atoms with E-state index in [1.165, 1.54) is 49.7 Å². The molecule has 0 radical (unpaired) electrons. The summed E-state index contributed by atoms with van der Waals surface area (Å²) in [4.78, 5) is 0. The summed E-state index contributed by atoms with van der Waals surface area (Å²) in [5, 5.41) is 9.93. The number of aromatic hydroxyl groups is 1. The number of rotatable bonds is 0. The maximum atomic E-state index is 9.93. The zero-order valence-corrected chi connectivity index (χ0v) is 18.1. The molecule has 1 spiro atoms. The largest absolute Gasteiger partial charge is 0.508 e. The van der Waals surface area contributed by atoms with Gasteiger partial charge < -0.3 is 9.84 Å². The van der Waals surface area contributed by atoms with Gasteiger partial charge in [-0.1, -0.05) is 32.6 Å². The molecule has 6 atom stereocenters. The molecule has 156 valence electrons. The Bertz CT molecular complexity index is 839. The lowest BCUT2D eigenvalue weighted by molar-refractivity contribution is -0.0935. The molecule has 1 N–H and O–H groups in total. The van der Waals surface area contributed by atoms with Gasteiger partial charge in [0.25, 0.3) is 0 Å². The Morgan fingerprint density at radius 1 is 1.14 bits per heavy atom. The van der Waals surface area contributed by atoms with Gasteiger partial charge in [-0.2, -0.15) is 0 Å². The number of hydrogen-bond donors (Lipinski definition) is 1. The van der Waals surface area contributed by atoms with Gasteiger partial charge in [0.1, 0.15) is 11.4 Å². The van der Waals surface area contributed by atoms with Crippen molar-refractivity contribution >= 4 is 0 Å². The molecule has 0 saturated heterocycles. The van der Waals surface area contributed by atoms with Gasteiger partial charge in [0, 0.05) is 11.3 Å². The van der Waals surface area contributed by atoms with Gasteiger partial charge in [0.05, 0.1) is 5.76 Å². The quantitative estimate of drug-likeness (QED) is 0.487. The molecule has 3 aliphatic carbocycles. The van der Waals surface area contributed by atoms with E-state index < -0.39 is 0 Å². The van der Waals surface area contributed by atoms with Crippen molar-refractivity contribution in [2.75, 3.05) is 0 Å². The molecule has 2 fully saturated rings. The van der Waals surface area contributed by atoms with Crippen molar-refractivity contribution in [2.45, 2.75) is 83.2 Å². The van der Waals surface area contributed by atoms with Crippen molar-refractivity contribution in [2.24, 2.45) is 23.2 Å². The molecule has 1 aliphatic heterocycles. The first-order chi connectivity index (χ1) is 13.9. The molecule has 4 aliphatic rings. The van der Waals surface area contributed by atoms with Gasteiger partial charge >= 0.3 is 0 Å². The van der Waals surface area contributed by atoms with E-state index in [4.69, 9.17) is 4.74 Å². The highest BCUT2D eigenvalue weighted by Crippen LogP contribution is 2.66. The molecule has 1 aromatic rings. The minimum atomic E-state index is -0.173. The van der Waals surface area contributed by atoms with Gasteiger partial charge in [-0.15, -0.1) is 0 Å². The number of benzene rings is 1. The molecule has 0 aromatic heterocycles. The van der Waals surface area contributed by atoms with E-state index in [0.717, 1.165) is 30.9 Å². The standard InChI is InChI=1S/C27H36O2/c1-18-7-5-4-6-14-27(29-19(18)2)16-13-25-24-10-8-20-17-21(28)9-11-22(20)23(24)12-15-26(25,27)3/h6,9,11,14,17-18,23-25,28H,2,4-5,7-8,10,12-13,15-16H2,1,3H3/b14-6+/t18?,23?,24?,25?,26-,27-/m0/s1. The first-order valence-corrected chi connectivity index (χ1v) is 11.8. The first-order valence-electron chi connectivity index (χ1n) is 11.8. The molecule has 0 amide bonds. The fourth-order valence-corrected chi connectivity index (χ4v) is 7.39. The van der Waals surface area contributed by atoms with Crippen molar-refractivity contribution in [3.63, 3.8) is 0 Å². The van der Waals surface area contributed by atoms with Crippen LogP contribution in [-0.4, -0.2) is 10.7 Å². The molecule has 0 bridgehead atoms. The lowest BCUT2D eigenvalue weighted by Crippen LogP contribution is -2.51. The molecular formula is C27H36O2. The van der Waals surface area contributed by atoms with Crippen LogP contribution in [0.3, 0.4) is 0 Å². The second kappa shape index (κ2) is 6.93. The van der Waals surface area contributed by atoms with Crippen LogP contribution >= 0.6 is 0 Å². The highest BCUT2D eigenvalue weighted by atomic mass is 16.5. The van der Waals surface area contributed by atoms with Crippen molar-refractivity contribution in [1.29, 1.82) is 0 Å². The highest BCUT2D eigenvalue weighted by molar-refractivity contribution is 5.40. The third-order valence-corrected chi connectivity index (χ3v) is 9.15. The normalized spacial score (nSPS) is 42.6. The summed E-state index contributed by atoms with van der Waals surface area (Å²) in [5.41, 5.74) is 2.90. The summed E-state index contributed by atoms with van der Waals surface area (Å²) in [5.74, 6) is 3.96. The third kappa shape index (κ3) is 2.89.